The lowest BCUT2D eigenvalue weighted by Gasteiger charge is -2.32. The molecule has 2 atom stereocenters. The molecule has 8 nitrogen and oxygen atoms in total. The van der Waals surface area contributed by atoms with Gasteiger partial charge in [-0.05, 0) is 31.5 Å². The van der Waals surface area contributed by atoms with Crippen molar-refractivity contribution in [2.75, 3.05) is 14.2 Å². The van der Waals surface area contributed by atoms with Gasteiger partial charge in [-0.15, -0.1) is 11.3 Å². The van der Waals surface area contributed by atoms with Gasteiger partial charge in [-0.1, -0.05) is 36.4 Å². The number of allylic oxidation sites excluding steroid dienone is 1. The summed E-state index contributed by atoms with van der Waals surface area (Å²) in [6.45, 7) is 3.49. The molecule has 0 aliphatic carbocycles. The van der Waals surface area contributed by atoms with E-state index in [1.54, 1.807) is 38.1 Å². The lowest BCUT2D eigenvalue weighted by Crippen LogP contribution is -2.36. The largest absolute Gasteiger partial charge is 0.468 e. The van der Waals surface area contributed by atoms with Crippen LogP contribution < -0.4 is 5.73 Å². The van der Waals surface area contributed by atoms with E-state index in [2.05, 4.69) is 4.99 Å². The van der Waals surface area contributed by atoms with Crippen molar-refractivity contribution in [1.82, 2.24) is 4.98 Å². The highest BCUT2D eigenvalue weighted by molar-refractivity contribution is 7.13. The highest BCUT2D eigenvalue weighted by Crippen LogP contribution is 2.44. The lowest BCUT2D eigenvalue weighted by atomic mass is 9.74. The number of hydrogen-bond acceptors (Lipinski definition) is 8. The number of rotatable bonds is 6. The van der Waals surface area contributed by atoms with Crippen molar-refractivity contribution < 1.29 is 23.9 Å². The monoisotopic (exact) mass is 503 g/mol. The van der Waals surface area contributed by atoms with E-state index >= 15 is 0 Å². The van der Waals surface area contributed by atoms with Gasteiger partial charge in [-0.2, -0.15) is 0 Å². The van der Waals surface area contributed by atoms with Crippen LogP contribution in [0.3, 0.4) is 0 Å². The molecule has 1 amide bonds. The zero-order valence-corrected chi connectivity index (χ0v) is 21.1. The molecule has 0 radical (unpaired) electrons. The predicted molar refractivity (Wildman–Crippen MR) is 138 cm³/mol. The van der Waals surface area contributed by atoms with Crippen LogP contribution in [-0.4, -0.2) is 42.8 Å². The first-order valence-corrected chi connectivity index (χ1v) is 12.0. The van der Waals surface area contributed by atoms with Gasteiger partial charge in [-0.3, -0.25) is 14.6 Å². The molecule has 3 aromatic rings. The molecule has 2 aromatic carbocycles. The summed E-state index contributed by atoms with van der Waals surface area (Å²) >= 11 is 1.44. The van der Waals surface area contributed by atoms with Crippen LogP contribution in [-0.2, 0) is 19.1 Å². The highest BCUT2D eigenvalue weighted by atomic mass is 32.1. The summed E-state index contributed by atoms with van der Waals surface area (Å²) in [6, 6.07) is 14.4. The summed E-state index contributed by atoms with van der Waals surface area (Å²) in [4.78, 5) is 46.5. The second-order valence-electron chi connectivity index (χ2n) is 8.29. The molecule has 0 fully saturated rings. The normalized spacial score (nSPS) is 17.4. The number of methoxy groups -OCH3 is 2. The van der Waals surface area contributed by atoms with Gasteiger partial charge < -0.3 is 15.2 Å². The zero-order chi connectivity index (χ0) is 26.0. The molecular formula is C27H25N3O5S. The van der Waals surface area contributed by atoms with Crippen LogP contribution in [0.4, 0.5) is 0 Å². The summed E-state index contributed by atoms with van der Waals surface area (Å²) in [5.41, 5.74) is 10.2. The fraction of sp³-hybridized carbons (Fsp3) is 0.222. The number of ether oxygens (including phenoxy) is 2. The number of aliphatic imine (C=N–C) groups is 1. The number of thiazole rings is 1. The molecule has 9 heteroatoms. The molecule has 36 heavy (non-hydrogen) atoms. The third-order valence-corrected chi connectivity index (χ3v) is 7.06. The van der Waals surface area contributed by atoms with Crippen LogP contribution in [0.1, 0.15) is 35.7 Å². The molecule has 184 valence electrons. The standard InChI is InChI=1S/C27H25N3O5S/c1-14-21(26(32)34-3)23(22(15(2)29-14)27(33)35-4)18-7-5-6-8-19(18)25-30-20(13-36-25)16-9-11-17(12-10-16)24(28)31/h5-13,21,23H,1-4H3,(H2,28,31). The van der Waals surface area contributed by atoms with E-state index in [0.717, 1.165) is 22.4 Å². The molecule has 2 unspecified atom stereocenters. The summed E-state index contributed by atoms with van der Waals surface area (Å²) in [5.74, 6) is -2.99. The Morgan fingerprint density at radius 2 is 1.67 bits per heavy atom. The van der Waals surface area contributed by atoms with Crippen molar-refractivity contribution >= 4 is 34.9 Å². The van der Waals surface area contributed by atoms with E-state index < -0.39 is 29.7 Å². The molecule has 4 rings (SSSR count). The lowest BCUT2D eigenvalue weighted by molar-refractivity contribution is -0.143. The van der Waals surface area contributed by atoms with Crippen LogP contribution in [0.2, 0.25) is 0 Å². The summed E-state index contributed by atoms with van der Waals surface area (Å²) in [6.07, 6.45) is 0. The molecule has 1 aliphatic rings. The van der Waals surface area contributed by atoms with Crippen molar-refractivity contribution in [2.45, 2.75) is 19.8 Å². The molecule has 1 aromatic heterocycles. The van der Waals surface area contributed by atoms with Gasteiger partial charge >= 0.3 is 11.9 Å². The number of hydrogen-bond donors (Lipinski definition) is 1. The van der Waals surface area contributed by atoms with E-state index in [9.17, 15) is 14.4 Å². The smallest absolute Gasteiger partial charge is 0.336 e. The minimum Gasteiger partial charge on any atom is -0.468 e. The topological polar surface area (TPSA) is 121 Å². The number of nitrogens with zero attached hydrogens (tertiary/aromatic N) is 2. The molecule has 0 saturated heterocycles. The van der Waals surface area contributed by atoms with Crippen LogP contribution in [0.5, 0.6) is 0 Å². The number of carbonyl (C=O) groups is 3. The maximum absolute atomic E-state index is 12.9. The number of esters is 2. The SMILES string of the molecule is COC(=O)C1=C(C)N=C(C)C(C(=O)OC)C1c1ccccc1-c1nc(-c2ccc(C(N)=O)cc2)cs1. The van der Waals surface area contributed by atoms with E-state index in [4.69, 9.17) is 20.2 Å². The minimum absolute atomic E-state index is 0.310. The number of primary amides is 1. The molecule has 0 spiro atoms. The summed E-state index contributed by atoms with van der Waals surface area (Å²) in [7, 11) is 2.62. The maximum atomic E-state index is 12.9. The average molecular weight is 504 g/mol. The van der Waals surface area contributed by atoms with E-state index in [-0.39, 0.29) is 0 Å². The number of amides is 1. The number of nitrogens with two attached hydrogens (primary N) is 1. The molecule has 2 N–H and O–H groups in total. The zero-order valence-electron chi connectivity index (χ0n) is 20.3. The second-order valence-corrected chi connectivity index (χ2v) is 9.15. The Morgan fingerprint density at radius 1 is 0.972 bits per heavy atom. The van der Waals surface area contributed by atoms with Gasteiger partial charge in [0.15, 0.2) is 0 Å². The Hall–Kier alpha value is -4.11. The molecule has 1 aliphatic heterocycles. The van der Waals surface area contributed by atoms with Gasteiger partial charge in [0, 0.05) is 39.4 Å². The van der Waals surface area contributed by atoms with Gasteiger partial charge in [-0.25, -0.2) is 9.78 Å². The quantitative estimate of drug-likeness (QED) is 0.499. The van der Waals surface area contributed by atoms with Crippen LogP contribution in [0, 0.1) is 5.92 Å². The van der Waals surface area contributed by atoms with Crippen molar-refractivity contribution in [3.8, 4) is 21.8 Å². The van der Waals surface area contributed by atoms with Crippen LogP contribution in [0.15, 0.2) is 70.2 Å². The number of carbonyl (C=O) groups excluding carboxylic acids is 3. The summed E-state index contributed by atoms with van der Waals surface area (Å²) in [5, 5.41) is 2.63. The Morgan fingerprint density at radius 3 is 2.31 bits per heavy atom. The first-order valence-electron chi connectivity index (χ1n) is 11.1. The third kappa shape index (κ3) is 4.57. The van der Waals surface area contributed by atoms with Crippen LogP contribution in [0.25, 0.3) is 21.8 Å². The van der Waals surface area contributed by atoms with E-state index in [1.165, 1.54) is 25.6 Å². The van der Waals surface area contributed by atoms with Gasteiger partial charge in [0.1, 0.15) is 10.9 Å². The van der Waals surface area contributed by atoms with Crippen LogP contribution >= 0.6 is 11.3 Å². The average Bonchev–Trinajstić information content (AvgIpc) is 3.37. The third-order valence-electron chi connectivity index (χ3n) is 6.18. The second kappa shape index (κ2) is 10.2. The Labute approximate surface area is 212 Å². The van der Waals surface area contributed by atoms with Gasteiger partial charge in [0.05, 0.1) is 25.5 Å². The Kier molecular flexibility index (Phi) is 7.12. The Bertz CT molecular complexity index is 1400. The summed E-state index contributed by atoms with van der Waals surface area (Å²) < 4.78 is 10.2. The number of aromatic nitrogens is 1. The van der Waals surface area contributed by atoms with Crippen molar-refractivity contribution in [3.05, 3.63) is 76.3 Å². The fourth-order valence-corrected chi connectivity index (χ4v) is 5.35. The molecule has 0 bridgehead atoms. The van der Waals surface area contributed by atoms with Gasteiger partial charge in [0.2, 0.25) is 5.91 Å². The molecule has 2 heterocycles. The van der Waals surface area contributed by atoms with Crippen molar-refractivity contribution in [2.24, 2.45) is 16.6 Å². The highest BCUT2D eigenvalue weighted by Gasteiger charge is 2.43. The predicted octanol–water partition coefficient (Wildman–Crippen LogP) is 4.37. The molecule has 0 saturated carbocycles. The van der Waals surface area contributed by atoms with Crippen molar-refractivity contribution in [1.29, 1.82) is 0 Å². The number of benzene rings is 2. The van der Waals surface area contributed by atoms with Gasteiger partial charge in [0.25, 0.3) is 0 Å². The fourth-order valence-electron chi connectivity index (χ4n) is 4.48. The molecular weight excluding hydrogens is 478 g/mol. The maximum Gasteiger partial charge on any atom is 0.336 e. The first-order chi connectivity index (χ1) is 17.3. The van der Waals surface area contributed by atoms with E-state index in [0.29, 0.717) is 27.6 Å². The minimum atomic E-state index is -0.797. The van der Waals surface area contributed by atoms with Crippen molar-refractivity contribution in [3.63, 3.8) is 0 Å². The Balaban J connectivity index is 1.84. The van der Waals surface area contributed by atoms with E-state index in [1.807, 2.05) is 29.6 Å². The first kappa shape index (κ1) is 25.0.